The Balaban J connectivity index is 1.67. The molecule has 0 spiro atoms. The van der Waals surface area contributed by atoms with Gasteiger partial charge < -0.3 is 10.2 Å². The van der Waals surface area contributed by atoms with E-state index in [0.29, 0.717) is 17.1 Å². The lowest BCUT2D eigenvalue weighted by atomic mass is 9.61. The number of phenolic OH excluding ortho intramolecular Hbond substituents is 1. The Morgan fingerprint density at radius 2 is 2.00 bits per heavy atom. The maximum absolute atomic E-state index is 10.4. The fraction of sp³-hybridized carbons (Fsp3) is 0.714. The fourth-order valence-electron chi connectivity index (χ4n) is 6.24. The molecule has 1 aromatic rings. The van der Waals surface area contributed by atoms with Crippen molar-refractivity contribution in [3.63, 3.8) is 0 Å². The van der Waals surface area contributed by atoms with Crippen LogP contribution in [0.5, 0.6) is 5.75 Å². The first-order valence-electron chi connectivity index (χ1n) is 12.5. The van der Waals surface area contributed by atoms with Gasteiger partial charge in [-0.2, -0.15) is 0 Å². The summed E-state index contributed by atoms with van der Waals surface area (Å²) in [6.07, 6.45) is 18.4. The Morgan fingerprint density at radius 3 is 2.73 bits per heavy atom. The Bertz CT molecular complexity index is 694. The molecular weight excluding hydrogens is 368 g/mol. The molecule has 2 aliphatic rings. The number of rotatable bonds is 9. The van der Waals surface area contributed by atoms with Gasteiger partial charge in [-0.05, 0) is 85.0 Å². The van der Waals surface area contributed by atoms with E-state index in [0.717, 1.165) is 36.7 Å². The summed E-state index contributed by atoms with van der Waals surface area (Å²) in [4.78, 5) is 0. The van der Waals surface area contributed by atoms with E-state index in [1.807, 2.05) is 12.1 Å². The molecule has 5 atom stereocenters. The SMILES string of the molecule is CCCCC[C@H](CO)c1cc(O)cc(C[C@H]2CCC[C@H]([C@@]3(C)C=CC[C@H](C)C3)C2)c1. The maximum Gasteiger partial charge on any atom is 0.116 e. The van der Waals surface area contributed by atoms with Crippen LogP contribution >= 0.6 is 0 Å². The van der Waals surface area contributed by atoms with Gasteiger partial charge in [-0.1, -0.05) is 71.1 Å². The van der Waals surface area contributed by atoms with Crippen LogP contribution in [0.25, 0.3) is 0 Å². The highest BCUT2D eigenvalue weighted by Crippen LogP contribution is 2.48. The lowest BCUT2D eigenvalue weighted by molar-refractivity contribution is 0.119. The van der Waals surface area contributed by atoms with Gasteiger partial charge in [0.15, 0.2) is 0 Å². The van der Waals surface area contributed by atoms with Gasteiger partial charge in [-0.3, -0.25) is 0 Å². The molecule has 1 aromatic carbocycles. The Hall–Kier alpha value is -1.28. The predicted molar refractivity (Wildman–Crippen MR) is 127 cm³/mol. The van der Waals surface area contributed by atoms with Crippen molar-refractivity contribution >= 4 is 0 Å². The quantitative estimate of drug-likeness (QED) is 0.328. The van der Waals surface area contributed by atoms with Gasteiger partial charge >= 0.3 is 0 Å². The Morgan fingerprint density at radius 1 is 1.17 bits per heavy atom. The molecule has 1 saturated carbocycles. The number of aliphatic hydroxyl groups excluding tert-OH is 1. The van der Waals surface area contributed by atoms with Crippen molar-refractivity contribution in [3.05, 3.63) is 41.5 Å². The minimum atomic E-state index is 0.147. The van der Waals surface area contributed by atoms with Crippen LogP contribution in [0.3, 0.4) is 0 Å². The summed E-state index contributed by atoms with van der Waals surface area (Å²) in [6.45, 7) is 7.26. The molecule has 168 valence electrons. The smallest absolute Gasteiger partial charge is 0.116 e. The average molecular weight is 413 g/mol. The zero-order valence-corrected chi connectivity index (χ0v) is 19.6. The van der Waals surface area contributed by atoms with E-state index in [4.69, 9.17) is 0 Å². The van der Waals surface area contributed by atoms with Crippen LogP contribution in [0.1, 0.15) is 102 Å². The van der Waals surface area contributed by atoms with E-state index in [2.05, 4.69) is 39.0 Å². The molecule has 2 nitrogen and oxygen atoms in total. The van der Waals surface area contributed by atoms with Crippen molar-refractivity contribution in [3.8, 4) is 5.75 Å². The molecule has 0 unspecified atom stereocenters. The van der Waals surface area contributed by atoms with Crippen LogP contribution in [0.4, 0.5) is 0 Å². The van der Waals surface area contributed by atoms with E-state index in [1.165, 1.54) is 56.9 Å². The number of phenols is 1. The minimum absolute atomic E-state index is 0.147. The molecule has 0 amide bonds. The van der Waals surface area contributed by atoms with E-state index >= 15 is 0 Å². The molecule has 0 heterocycles. The third kappa shape index (κ3) is 6.13. The third-order valence-electron chi connectivity index (χ3n) is 7.91. The number of hydrogen-bond donors (Lipinski definition) is 2. The molecule has 0 bridgehead atoms. The summed E-state index contributed by atoms with van der Waals surface area (Å²) < 4.78 is 0. The van der Waals surface area contributed by atoms with Gasteiger partial charge in [0.05, 0.1) is 0 Å². The van der Waals surface area contributed by atoms with Gasteiger partial charge in [0.25, 0.3) is 0 Å². The lowest BCUT2D eigenvalue weighted by Crippen LogP contribution is -2.33. The van der Waals surface area contributed by atoms with Crippen molar-refractivity contribution in [2.24, 2.45) is 23.2 Å². The van der Waals surface area contributed by atoms with E-state index in [1.54, 1.807) is 0 Å². The number of aromatic hydroxyl groups is 1. The second-order valence-electron chi connectivity index (χ2n) is 10.7. The zero-order valence-electron chi connectivity index (χ0n) is 19.6. The minimum Gasteiger partial charge on any atom is -0.508 e. The lowest BCUT2D eigenvalue weighted by Gasteiger charge is -2.43. The van der Waals surface area contributed by atoms with Crippen molar-refractivity contribution in [2.45, 2.75) is 97.3 Å². The highest BCUT2D eigenvalue weighted by atomic mass is 16.3. The van der Waals surface area contributed by atoms with Crippen LogP contribution < -0.4 is 0 Å². The Kier molecular flexibility index (Phi) is 8.45. The summed E-state index contributed by atoms with van der Waals surface area (Å²) in [5.74, 6) is 2.80. The number of benzene rings is 1. The molecule has 0 radical (unpaired) electrons. The summed E-state index contributed by atoms with van der Waals surface area (Å²) >= 11 is 0. The van der Waals surface area contributed by atoms with Crippen molar-refractivity contribution < 1.29 is 10.2 Å². The van der Waals surface area contributed by atoms with Crippen LogP contribution in [-0.4, -0.2) is 16.8 Å². The average Bonchev–Trinajstić information content (AvgIpc) is 2.71. The van der Waals surface area contributed by atoms with Crippen molar-refractivity contribution in [1.82, 2.24) is 0 Å². The van der Waals surface area contributed by atoms with Gasteiger partial charge in [-0.15, -0.1) is 0 Å². The second kappa shape index (κ2) is 10.8. The summed E-state index contributed by atoms with van der Waals surface area (Å²) in [7, 11) is 0. The predicted octanol–water partition coefficient (Wildman–Crippen LogP) is 7.39. The normalized spacial score (nSPS) is 30.3. The molecule has 30 heavy (non-hydrogen) atoms. The fourth-order valence-corrected chi connectivity index (χ4v) is 6.24. The van der Waals surface area contributed by atoms with E-state index in [9.17, 15) is 10.2 Å². The van der Waals surface area contributed by atoms with Gasteiger partial charge in [0.1, 0.15) is 5.75 Å². The maximum atomic E-state index is 10.4. The molecule has 2 N–H and O–H groups in total. The van der Waals surface area contributed by atoms with Crippen LogP contribution in [0.15, 0.2) is 30.4 Å². The van der Waals surface area contributed by atoms with Crippen LogP contribution in [-0.2, 0) is 6.42 Å². The largest absolute Gasteiger partial charge is 0.508 e. The molecule has 2 aliphatic carbocycles. The summed E-state index contributed by atoms with van der Waals surface area (Å²) in [5, 5.41) is 20.3. The first-order chi connectivity index (χ1) is 14.4. The molecule has 0 aromatic heterocycles. The van der Waals surface area contributed by atoms with Crippen molar-refractivity contribution in [2.75, 3.05) is 6.61 Å². The molecule has 3 rings (SSSR count). The van der Waals surface area contributed by atoms with Crippen LogP contribution in [0, 0.1) is 23.2 Å². The van der Waals surface area contributed by atoms with Crippen LogP contribution in [0.2, 0.25) is 0 Å². The topological polar surface area (TPSA) is 40.5 Å². The first kappa shape index (κ1) is 23.4. The number of aliphatic hydroxyl groups is 1. The monoisotopic (exact) mass is 412 g/mol. The third-order valence-corrected chi connectivity index (χ3v) is 7.91. The first-order valence-corrected chi connectivity index (χ1v) is 12.5. The van der Waals surface area contributed by atoms with Crippen molar-refractivity contribution in [1.29, 1.82) is 0 Å². The number of allylic oxidation sites excluding steroid dienone is 2. The van der Waals surface area contributed by atoms with Gasteiger partial charge in [0, 0.05) is 12.5 Å². The molecule has 0 aliphatic heterocycles. The second-order valence-corrected chi connectivity index (χ2v) is 10.7. The Labute approximate surface area is 184 Å². The number of hydrogen-bond acceptors (Lipinski definition) is 2. The highest BCUT2D eigenvalue weighted by Gasteiger charge is 2.37. The summed E-state index contributed by atoms with van der Waals surface area (Å²) in [6, 6.07) is 6.09. The van der Waals surface area contributed by atoms with E-state index < -0.39 is 0 Å². The molecule has 1 fully saturated rings. The highest BCUT2D eigenvalue weighted by molar-refractivity contribution is 5.36. The van der Waals surface area contributed by atoms with E-state index in [-0.39, 0.29) is 12.5 Å². The number of unbranched alkanes of at least 4 members (excludes halogenated alkanes) is 2. The zero-order chi connectivity index (χ0) is 21.6. The van der Waals surface area contributed by atoms with Gasteiger partial charge in [-0.25, -0.2) is 0 Å². The molecular formula is C28H44O2. The standard InChI is InChI=1S/C28H44O2/c1-4-5-6-11-24(20-29)25-15-23(17-27(30)18-25)14-22-10-7-12-26(16-22)28(3)13-8-9-21(2)19-28/h8,13,15,17-18,21-22,24,26,29-30H,4-7,9-12,14,16,19-20H2,1-3H3/t21-,22+,24+,26-,28-/m0/s1. The van der Waals surface area contributed by atoms with Gasteiger partial charge in [0.2, 0.25) is 0 Å². The summed E-state index contributed by atoms with van der Waals surface area (Å²) in [5.41, 5.74) is 2.73. The molecule has 2 heteroatoms. The molecule has 0 saturated heterocycles.